The van der Waals surface area contributed by atoms with Gasteiger partial charge in [-0.15, -0.1) is 0 Å². The topological polar surface area (TPSA) is 72.5 Å². The summed E-state index contributed by atoms with van der Waals surface area (Å²) in [5.41, 5.74) is 1.38. The largest absolute Gasteiger partial charge is 0.488 e. The third-order valence-corrected chi connectivity index (χ3v) is 6.24. The fourth-order valence-corrected chi connectivity index (χ4v) is 4.86. The average molecular weight is 424 g/mol. The zero-order valence-corrected chi connectivity index (χ0v) is 15.8. The van der Waals surface area contributed by atoms with E-state index in [2.05, 4.69) is 21.2 Å². The monoisotopic (exact) mass is 423 g/mol. The van der Waals surface area contributed by atoms with Gasteiger partial charge in [-0.2, -0.15) is 0 Å². The molecule has 0 radical (unpaired) electrons. The van der Waals surface area contributed by atoms with Crippen LogP contribution in [0.3, 0.4) is 0 Å². The van der Waals surface area contributed by atoms with Crippen LogP contribution in [0.2, 0.25) is 0 Å². The molecule has 0 saturated carbocycles. The van der Waals surface area contributed by atoms with E-state index in [1.165, 1.54) is 0 Å². The molecule has 2 aromatic carbocycles. The van der Waals surface area contributed by atoms with Crippen molar-refractivity contribution in [2.75, 3.05) is 11.5 Å². The summed E-state index contributed by atoms with van der Waals surface area (Å²) >= 11 is 3.42. The van der Waals surface area contributed by atoms with Gasteiger partial charge in [0.15, 0.2) is 9.84 Å². The lowest BCUT2D eigenvalue weighted by Crippen LogP contribution is -2.35. The third-order valence-electron chi connectivity index (χ3n) is 3.98. The molecule has 7 heteroatoms. The Kier molecular flexibility index (Phi) is 5.44. The number of para-hydroxylation sites is 1. The number of halogens is 1. The highest BCUT2D eigenvalue weighted by Gasteiger charge is 2.29. The maximum Gasteiger partial charge on any atom is 0.255 e. The van der Waals surface area contributed by atoms with Crippen LogP contribution in [0.5, 0.6) is 5.75 Å². The van der Waals surface area contributed by atoms with E-state index in [1.54, 1.807) is 24.3 Å². The number of hydrogen-bond acceptors (Lipinski definition) is 4. The van der Waals surface area contributed by atoms with Gasteiger partial charge in [0, 0.05) is 10.5 Å². The lowest BCUT2D eigenvalue weighted by Gasteiger charge is -2.14. The summed E-state index contributed by atoms with van der Waals surface area (Å²) in [5.74, 6) is 0.284. The van der Waals surface area contributed by atoms with E-state index in [9.17, 15) is 13.2 Å². The van der Waals surface area contributed by atoms with Gasteiger partial charge < -0.3 is 10.1 Å². The Bertz CT molecular complexity index is 882. The van der Waals surface area contributed by atoms with Crippen LogP contribution in [0.15, 0.2) is 53.0 Å². The predicted molar refractivity (Wildman–Crippen MR) is 99.4 cm³/mol. The Hall–Kier alpha value is -1.86. The molecular weight excluding hydrogens is 406 g/mol. The van der Waals surface area contributed by atoms with Gasteiger partial charge in [-0.25, -0.2) is 8.42 Å². The van der Waals surface area contributed by atoms with E-state index >= 15 is 0 Å². The molecule has 1 unspecified atom stereocenters. The second-order valence-corrected chi connectivity index (χ2v) is 9.13. The van der Waals surface area contributed by atoms with Crippen molar-refractivity contribution < 1.29 is 17.9 Å². The van der Waals surface area contributed by atoms with Crippen LogP contribution in [-0.4, -0.2) is 31.9 Å². The molecule has 0 spiro atoms. The Balaban J connectivity index is 1.69. The molecule has 2 aromatic rings. The molecule has 25 heavy (non-hydrogen) atoms. The van der Waals surface area contributed by atoms with Crippen LogP contribution in [0.4, 0.5) is 0 Å². The van der Waals surface area contributed by atoms with Gasteiger partial charge in [-0.3, -0.25) is 4.79 Å². The van der Waals surface area contributed by atoms with Gasteiger partial charge in [-0.05, 0) is 36.2 Å². The molecule has 1 fully saturated rings. The van der Waals surface area contributed by atoms with Crippen LogP contribution in [0.25, 0.3) is 0 Å². The van der Waals surface area contributed by atoms with Crippen molar-refractivity contribution in [2.45, 2.75) is 19.1 Å². The van der Waals surface area contributed by atoms with Crippen molar-refractivity contribution in [1.29, 1.82) is 0 Å². The summed E-state index contributed by atoms with van der Waals surface area (Å²) in [6.45, 7) is 0.335. The lowest BCUT2D eigenvalue weighted by molar-refractivity contribution is 0.0936. The molecule has 3 rings (SSSR count). The standard InChI is InChI=1S/C18H18BrNO4S/c19-14-5-3-4-13(10-14)11-24-17-7-2-1-6-16(17)18(21)20-15-8-9-25(22,23)12-15/h1-7,10,15H,8-9,11-12H2,(H,20,21). The molecule has 1 N–H and O–H groups in total. The number of nitrogens with one attached hydrogen (secondary N) is 1. The smallest absolute Gasteiger partial charge is 0.255 e. The van der Waals surface area contributed by atoms with Gasteiger partial charge in [0.05, 0.1) is 17.1 Å². The predicted octanol–water partition coefficient (Wildman–Crippen LogP) is 2.95. The molecule has 1 heterocycles. The molecule has 1 aliphatic rings. The molecule has 1 amide bonds. The first-order valence-electron chi connectivity index (χ1n) is 7.90. The Morgan fingerprint density at radius 3 is 2.72 bits per heavy atom. The van der Waals surface area contributed by atoms with Crippen LogP contribution in [0.1, 0.15) is 22.3 Å². The van der Waals surface area contributed by atoms with Gasteiger partial charge in [0.1, 0.15) is 12.4 Å². The summed E-state index contributed by atoms with van der Waals surface area (Å²) in [7, 11) is -3.03. The molecule has 5 nitrogen and oxygen atoms in total. The highest BCUT2D eigenvalue weighted by atomic mass is 79.9. The summed E-state index contributed by atoms with van der Waals surface area (Å²) in [4.78, 5) is 12.5. The fraction of sp³-hybridized carbons (Fsp3) is 0.278. The lowest BCUT2D eigenvalue weighted by atomic mass is 10.1. The van der Waals surface area contributed by atoms with Crippen molar-refractivity contribution in [2.24, 2.45) is 0 Å². The molecule has 0 aromatic heterocycles. The maximum atomic E-state index is 12.5. The summed E-state index contributed by atoms with van der Waals surface area (Å²) in [5, 5.41) is 2.79. The summed E-state index contributed by atoms with van der Waals surface area (Å²) in [6.07, 6.45) is 0.454. The zero-order chi connectivity index (χ0) is 17.9. The van der Waals surface area contributed by atoms with Crippen molar-refractivity contribution in [3.63, 3.8) is 0 Å². The van der Waals surface area contributed by atoms with Gasteiger partial charge in [0.2, 0.25) is 0 Å². The van der Waals surface area contributed by atoms with E-state index in [1.807, 2.05) is 24.3 Å². The Morgan fingerprint density at radius 2 is 2.00 bits per heavy atom. The number of benzene rings is 2. The number of amides is 1. The molecule has 132 valence electrons. The van der Waals surface area contributed by atoms with Crippen LogP contribution >= 0.6 is 15.9 Å². The van der Waals surface area contributed by atoms with Crippen molar-refractivity contribution in [3.05, 3.63) is 64.1 Å². The number of carbonyl (C=O) groups is 1. The number of ether oxygens (including phenoxy) is 1. The van der Waals surface area contributed by atoms with E-state index in [4.69, 9.17) is 4.74 Å². The van der Waals surface area contributed by atoms with E-state index in [0.29, 0.717) is 24.3 Å². The first kappa shape index (κ1) is 17.9. The van der Waals surface area contributed by atoms with Crippen molar-refractivity contribution in [3.8, 4) is 5.75 Å². The number of sulfone groups is 1. The number of rotatable bonds is 5. The van der Waals surface area contributed by atoms with E-state index in [0.717, 1.165) is 10.0 Å². The van der Waals surface area contributed by atoms with Crippen LogP contribution in [-0.2, 0) is 16.4 Å². The average Bonchev–Trinajstić information content (AvgIpc) is 2.92. The van der Waals surface area contributed by atoms with Gasteiger partial charge in [-0.1, -0.05) is 40.2 Å². The molecular formula is C18H18BrNO4S. The van der Waals surface area contributed by atoms with Gasteiger partial charge in [0.25, 0.3) is 5.91 Å². The highest BCUT2D eigenvalue weighted by Crippen LogP contribution is 2.21. The Morgan fingerprint density at radius 1 is 1.20 bits per heavy atom. The highest BCUT2D eigenvalue weighted by molar-refractivity contribution is 9.10. The first-order valence-corrected chi connectivity index (χ1v) is 10.5. The molecule has 0 aliphatic carbocycles. The number of carbonyl (C=O) groups excluding carboxylic acids is 1. The normalized spacial score (nSPS) is 18.7. The van der Waals surface area contributed by atoms with Crippen LogP contribution < -0.4 is 10.1 Å². The molecule has 1 saturated heterocycles. The van der Waals surface area contributed by atoms with Crippen molar-refractivity contribution >= 4 is 31.7 Å². The van der Waals surface area contributed by atoms with Crippen LogP contribution in [0, 0.1) is 0 Å². The zero-order valence-electron chi connectivity index (χ0n) is 13.4. The van der Waals surface area contributed by atoms with E-state index in [-0.39, 0.29) is 23.5 Å². The first-order chi connectivity index (χ1) is 11.9. The number of hydrogen-bond donors (Lipinski definition) is 1. The van der Waals surface area contributed by atoms with Crippen molar-refractivity contribution in [1.82, 2.24) is 5.32 Å². The van der Waals surface area contributed by atoms with E-state index < -0.39 is 9.84 Å². The third kappa shape index (κ3) is 4.83. The minimum Gasteiger partial charge on any atom is -0.488 e. The quantitative estimate of drug-likeness (QED) is 0.801. The molecule has 0 bridgehead atoms. The minimum absolute atomic E-state index is 0.000192. The second-order valence-electron chi connectivity index (χ2n) is 5.99. The molecule has 1 aliphatic heterocycles. The molecule has 1 atom stereocenters. The minimum atomic E-state index is -3.03. The summed E-state index contributed by atoms with van der Waals surface area (Å²) in [6, 6.07) is 14.4. The summed E-state index contributed by atoms with van der Waals surface area (Å²) < 4.78 is 29.8. The fourth-order valence-electron chi connectivity index (χ4n) is 2.74. The second kappa shape index (κ2) is 7.58. The SMILES string of the molecule is O=C(NC1CCS(=O)(=O)C1)c1ccccc1OCc1cccc(Br)c1. The maximum absolute atomic E-state index is 12.5. The Labute approximate surface area is 155 Å². The van der Waals surface area contributed by atoms with Gasteiger partial charge >= 0.3 is 0 Å².